The SMILES string of the molecule is COc1ccccc1CN1CC(c2nc(C3CC3)no2)CC1=O. The molecule has 1 aromatic heterocycles. The maximum atomic E-state index is 12.3. The van der Waals surface area contributed by atoms with E-state index in [9.17, 15) is 4.79 Å². The van der Waals surface area contributed by atoms with Crippen LogP contribution in [0.1, 0.15) is 48.4 Å². The van der Waals surface area contributed by atoms with Crippen LogP contribution in [0.3, 0.4) is 0 Å². The lowest BCUT2D eigenvalue weighted by Gasteiger charge is -2.17. The van der Waals surface area contributed by atoms with Crippen molar-refractivity contribution < 1.29 is 14.1 Å². The Bertz CT molecular complexity index is 723. The Balaban J connectivity index is 1.47. The first kappa shape index (κ1) is 14.2. The zero-order valence-corrected chi connectivity index (χ0v) is 13.1. The van der Waals surface area contributed by atoms with Crippen molar-refractivity contribution in [1.29, 1.82) is 0 Å². The van der Waals surface area contributed by atoms with Gasteiger partial charge in [0.2, 0.25) is 11.8 Å². The Hall–Kier alpha value is -2.37. The molecule has 1 amide bonds. The lowest BCUT2D eigenvalue weighted by atomic mass is 10.1. The summed E-state index contributed by atoms with van der Waals surface area (Å²) in [4.78, 5) is 18.6. The fourth-order valence-corrected chi connectivity index (χ4v) is 3.05. The van der Waals surface area contributed by atoms with Crippen LogP contribution in [0.25, 0.3) is 0 Å². The molecule has 120 valence electrons. The largest absolute Gasteiger partial charge is 0.496 e. The van der Waals surface area contributed by atoms with Crippen LogP contribution in [0, 0.1) is 0 Å². The number of aromatic nitrogens is 2. The lowest BCUT2D eigenvalue weighted by molar-refractivity contribution is -0.128. The van der Waals surface area contributed by atoms with E-state index in [-0.39, 0.29) is 11.8 Å². The van der Waals surface area contributed by atoms with Crippen LogP contribution in [0.5, 0.6) is 5.75 Å². The molecular weight excluding hydrogens is 294 g/mol. The van der Waals surface area contributed by atoms with E-state index < -0.39 is 0 Å². The molecule has 2 aliphatic rings. The molecule has 1 atom stereocenters. The number of methoxy groups -OCH3 is 1. The molecule has 1 aliphatic carbocycles. The molecule has 1 saturated heterocycles. The zero-order chi connectivity index (χ0) is 15.8. The van der Waals surface area contributed by atoms with Gasteiger partial charge in [0.1, 0.15) is 5.75 Å². The summed E-state index contributed by atoms with van der Waals surface area (Å²) in [6, 6.07) is 7.77. The smallest absolute Gasteiger partial charge is 0.232 e. The summed E-state index contributed by atoms with van der Waals surface area (Å²) in [5.41, 5.74) is 1.01. The van der Waals surface area contributed by atoms with Gasteiger partial charge in [0.05, 0.1) is 13.0 Å². The monoisotopic (exact) mass is 313 g/mol. The number of benzene rings is 1. The minimum Gasteiger partial charge on any atom is -0.496 e. The van der Waals surface area contributed by atoms with Gasteiger partial charge in [-0.25, -0.2) is 0 Å². The van der Waals surface area contributed by atoms with Gasteiger partial charge >= 0.3 is 0 Å². The highest BCUT2D eigenvalue weighted by Crippen LogP contribution is 2.39. The first-order valence-electron chi connectivity index (χ1n) is 7.97. The standard InChI is InChI=1S/C17H19N3O3/c1-22-14-5-3-2-4-12(14)9-20-10-13(8-15(20)21)17-18-16(19-23-17)11-6-7-11/h2-5,11,13H,6-10H2,1H3. The summed E-state index contributed by atoms with van der Waals surface area (Å²) in [6.45, 7) is 1.16. The Morgan fingerprint density at radius 3 is 2.91 bits per heavy atom. The van der Waals surface area contributed by atoms with Gasteiger partial charge in [0, 0.05) is 31.0 Å². The molecule has 23 heavy (non-hydrogen) atoms. The minimum absolute atomic E-state index is 0.00259. The maximum absolute atomic E-state index is 12.3. The summed E-state index contributed by atoms with van der Waals surface area (Å²) in [7, 11) is 1.64. The number of nitrogens with zero attached hydrogens (tertiary/aromatic N) is 3. The second-order valence-corrected chi connectivity index (χ2v) is 6.25. The fourth-order valence-electron chi connectivity index (χ4n) is 3.05. The zero-order valence-electron chi connectivity index (χ0n) is 13.1. The van der Waals surface area contributed by atoms with Gasteiger partial charge in [-0.15, -0.1) is 0 Å². The Morgan fingerprint density at radius 2 is 2.13 bits per heavy atom. The van der Waals surface area contributed by atoms with E-state index >= 15 is 0 Å². The topological polar surface area (TPSA) is 68.5 Å². The molecule has 1 unspecified atom stereocenters. The summed E-state index contributed by atoms with van der Waals surface area (Å²) < 4.78 is 10.7. The molecule has 2 aromatic rings. The van der Waals surface area contributed by atoms with E-state index in [0.29, 0.717) is 31.3 Å². The average Bonchev–Trinajstić information content (AvgIpc) is 3.19. The van der Waals surface area contributed by atoms with Crippen molar-refractivity contribution in [2.45, 2.75) is 37.6 Å². The number of carbonyl (C=O) groups excluding carboxylic acids is 1. The van der Waals surface area contributed by atoms with Crippen LogP contribution >= 0.6 is 0 Å². The minimum atomic E-state index is -0.00259. The van der Waals surface area contributed by atoms with Gasteiger partial charge in [-0.1, -0.05) is 23.4 Å². The van der Waals surface area contributed by atoms with Gasteiger partial charge in [-0.05, 0) is 18.9 Å². The number of likely N-dealkylation sites (tertiary alicyclic amines) is 1. The number of ether oxygens (including phenoxy) is 1. The van der Waals surface area contributed by atoms with Gasteiger partial charge in [0.25, 0.3) is 0 Å². The third kappa shape index (κ3) is 2.81. The van der Waals surface area contributed by atoms with Crippen molar-refractivity contribution >= 4 is 5.91 Å². The fraction of sp³-hybridized carbons (Fsp3) is 0.471. The third-order valence-electron chi connectivity index (χ3n) is 4.52. The molecule has 0 spiro atoms. The lowest BCUT2D eigenvalue weighted by Crippen LogP contribution is -2.24. The number of para-hydroxylation sites is 1. The molecule has 4 rings (SSSR count). The predicted octanol–water partition coefficient (Wildman–Crippen LogP) is 2.47. The first-order valence-corrected chi connectivity index (χ1v) is 7.97. The highest BCUT2D eigenvalue weighted by molar-refractivity contribution is 5.79. The highest BCUT2D eigenvalue weighted by Gasteiger charge is 2.36. The van der Waals surface area contributed by atoms with Gasteiger partial charge in [-0.3, -0.25) is 4.79 Å². The summed E-state index contributed by atoms with van der Waals surface area (Å²) >= 11 is 0. The molecule has 1 saturated carbocycles. The van der Waals surface area contributed by atoms with E-state index in [4.69, 9.17) is 9.26 Å². The molecule has 1 aliphatic heterocycles. The highest BCUT2D eigenvalue weighted by atomic mass is 16.5. The van der Waals surface area contributed by atoms with Gasteiger partial charge in [-0.2, -0.15) is 4.98 Å². The van der Waals surface area contributed by atoms with Crippen molar-refractivity contribution in [3.05, 3.63) is 41.5 Å². The molecule has 2 heterocycles. The molecule has 2 fully saturated rings. The second-order valence-electron chi connectivity index (χ2n) is 6.25. The maximum Gasteiger partial charge on any atom is 0.232 e. The Labute approximate surface area is 134 Å². The van der Waals surface area contributed by atoms with Crippen LogP contribution in [0.4, 0.5) is 0 Å². The third-order valence-corrected chi connectivity index (χ3v) is 4.52. The van der Waals surface area contributed by atoms with Crippen molar-refractivity contribution in [1.82, 2.24) is 15.0 Å². The average molecular weight is 313 g/mol. The molecule has 0 bridgehead atoms. The van der Waals surface area contributed by atoms with E-state index in [2.05, 4.69) is 10.1 Å². The molecule has 6 nitrogen and oxygen atoms in total. The van der Waals surface area contributed by atoms with Crippen molar-refractivity contribution in [3.8, 4) is 5.75 Å². The number of hydrogen-bond donors (Lipinski definition) is 0. The molecule has 1 aromatic carbocycles. The van der Waals surface area contributed by atoms with E-state index in [1.54, 1.807) is 7.11 Å². The Morgan fingerprint density at radius 1 is 1.30 bits per heavy atom. The van der Waals surface area contributed by atoms with E-state index in [1.165, 1.54) is 0 Å². The van der Waals surface area contributed by atoms with Crippen molar-refractivity contribution in [2.75, 3.05) is 13.7 Å². The van der Waals surface area contributed by atoms with E-state index in [1.807, 2.05) is 29.2 Å². The number of hydrogen-bond acceptors (Lipinski definition) is 5. The van der Waals surface area contributed by atoms with Crippen LogP contribution in [-0.2, 0) is 11.3 Å². The second kappa shape index (κ2) is 5.68. The summed E-state index contributed by atoms with van der Waals surface area (Å²) in [5, 5.41) is 4.05. The first-order chi connectivity index (χ1) is 11.2. The summed E-state index contributed by atoms with van der Waals surface area (Å²) in [6.07, 6.45) is 2.71. The molecular formula is C17H19N3O3. The van der Waals surface area contributed by atoms with E-state index in [0.717, 1.165) is 30.0 Å². The van der Waals surface area contributed by atoms with Crippen LogP contribution in [0.15, 0.2) is 28.8 Å². The Kier molecular flexibility index (Phi) is 3.52. The summed E-state index contributed by atoms with van der Waals surface area (Å²) in [5.74, 6) is 2.79. The van der Waals surface area contributed by atoms with Crippen LogP contribution in [-0.4, -0.2) is 34.6 Å². The van der Waals surface area contributed by atoms with Crippen molar-refractivity contribution in [3.63, 3.8) is 0 Å². The predicted molar refractivity (Wildman–Crippen MR) is 82.0 cm³/mol. The number of amides is 1. The number of carbonyl (C=O) groups is 1. The molecule has 6 heteroatoms. The quantitative estimate of drug-likeness (QED) is 0.848. The van der Waals surface area contributed by atoms with Crippen LogP contribution in [0.2, 0.25) is 0 Å². The normalized spacial score (nSPS) is 21.0. The van der Waals surface area contributed by atoms with Gasteiger partial charge in [0.15, 0.2) is 5.82 Å². The molecule has 0 N–H and O–H groups in total. The van der Waals surface area contributed by atoms with Crippen molar-refractivity contribution in [2.24, 2.45) is 0 Å². The van der Waals surface area contributed by atoms with Gasteiger partial charge < -0.3 is 14.2 Å². The number of rotatable bonds is 5. The van der Waals surface area contributed by atoms with Crippen LogP contribution < -0.4 is 4.74 Å². The molecule has 0 radical (unpaired) electrons.